The molecule has 0 amide bonds. The largest absolute Gasteiger partial charge is 0.497 e. The van der Waals surface area contributed by atoms with Crippen molar-refractivity contribution >= 4 is 11.8 Å². The number of hydrogen-bond donors (Lipinski definition) is 2. The highest BCUT2D eigenvalue weighted by molar-refractivity contribution is 7.98. The van der Waals surface area contributed by atoms with Gasteiger partial charge in [0.25, 0.3) is 0 Å². The van der Waals surface area contributed by atoms with Gasteiger partial charge in [-0.15, -0.1) is 0 Å². The molecule has 0 spiro atoms. The van der Waals surface area contributed by atoms with Crippen LogP contribution < -0.4 is 14.8 Å². The second-order valence-electron chi connectivity index (χ2n) is 4.73. The van der Waals surface area contributed by atoms with E-state index >= 15 is 0 Å². The van der Waals surface area contributed by atoms with E-state index in [0.29, 0.717) is 18.3 Å². The van der Waals surface area contributed by atoms with Crippen LogP contribution in [0.25, 0.3) is 0 Å². The standard InChI is InChI=1S/C15H25NO3S/c1-12(7-8-20-3)16-10-13(17)11-19-15-6-4-5-14(9-15)18-2/h4-6,9,12-13,16-17H,7-8,10-11H2,1-3H3/t12-,13+/m0/s1. The van der Waals surface area contributed by atoms with E-state index in [2.05, 4.69) is 18.5 Å². The molecule has 4 nitrogen and oxygen atoms in total. The predicted octanol–water partition coefficient (Wildman–Crippen LogP) is 2.17. The molecule has 0 aliphatic carbocycles. The minimum absolute atomic E-state index is 0.273. The number of thioether (sulfide) groups is 1. The van der Waals surface area contributed by atoms with Gasteiger partial charge < -0.3 is 19.9 Å². The van der Waals surface area contributed by atoms with Crippen LogP contribution in [0.3, 0.4) is 0 Å². The molecule has 0 saturated heterocycles. The van der Waals surface area contributed by atoms with E-state index in [1.54, 1.807) is 13.2 Å². The van der Waals surface area contributed by atoms with Crippen LogP contribution in [0.1, 0.15) is 13.3 Å². The normalized spacial score (nSPS) is 13.8. The molecule has 0 saturated carbocycles. The summed E-state index contributed by atoms with van der Waals surface area (Å²) in [5.41, 5.74) is 0. The van der Waals surface area contributed by atoms with E-state index < -0.39 is 6.10 Å². The second-order valence-corrected chi connectivity index (χ2v) is 5.72. The summed E-state index contributed by atoms with van der Waals surface area (Å²) < 4.78 is 10.7. The zero-order valence-electron chi connectivity index (χ0n) is 12.5. The van der Waals surface area contributed by atoms with E-state index in [0.717, 1.165) is 17.9 Å². The summed E-state index contributed by atoms with van der Waals surface area (Å²) in [6.45, 7) is 2.95. The van der Waals surface area contributed by atoms with Crippen molar-refractivity contribution < 1.29 is 14.6 Å². The Labute approximate surface area is 125 Å². The average Bonchev–Trinajstić information content (AvgIpc) is 2.49. The molecule has 5 heteroatoms. The number of benzene rings is 1. The first-order valence-corrected chi connectivity index (χ1v) is 8.22. The van der Waals surface area contributed by atoms with Crippen molar-refractivity contribution in [2.45, 2.75) is 25.5 Å². The van der Waals surface area contributed by atoms with Gasteiger partial charge in [-0.05, 0) is 37.5 Å². The lowest BCUT2D eigenvalue weighted by molar-refractivity contribution is 0.104. The maximum atomic E-state index is 9.89. The third kappa shape index (κ3) is 7.03. The molecule has 1 rings (SSSR count). The van der Waals surface area contributed by atoms with Crippen molar-refractivity contribution in [2.75, 3.05) is 32.3 Å². The summed E-state index contributed by atoms with van der Waals surface area (Å²) in [7, 11) is 1.62. The molecule has 114 valence electrons. The topological polar surface area (TPSA) is 50.7 Å². The van der Waals surface area contributed by atoms with Crippen LogP contribution in [0.4, 0.5) is 0 Å². The van der Waals surface area contributed by atoms with Gasteiger partial charge in [-0.25, -0.2) is 0 Å². The molecule has 0 aliphatic rings. The first-order valence-electron chi connectivity index (χ1n) is 6.83. The number of aliphatic hydroxyl groups is 1. The number of ether oxygens (including phenoxy) is 2. The molecule has 0 fully saturated rings. The molecule has 0 aliphatic heterocycles. The molecule has 2 atom stereocenters. The fourth-order valence-corrected chi connectivity index (χ4v) is 2.27. The molecule has 0 unspecified atom stereocenters. The molecule has 0 radical (unpaired) electrons. The lowest BCUT2D eigenvalue weighted by atomic mass is 10.2. The monoisotopic (exact) mass is 299 g/mol. The summed E-state index contributed by atoms with van der Waals surface area (Å²) >= 11 is 1.84. The van der Waals surface area contributed by atoms with Crippen LogP contribution in [-0.4, -0.2) is 49.5 Å². The number of hydrogen-bond acceptors (Lipinski definition) is 5. The van der Waals surface area contributed by atoms with Crippen molar-refractivity contribution in [3.8, 4) is 11.5 Å². The van der Waals surface area contributed by atoms with Crippen molar-refractivity contribution in [2.24, 2.45) is 0 Å². The van der Waals surface area contributed by atoms with Gasteiger partial charge in [0.1, 0.15) is 24.2 Å². The van der Waals surface area contributed by atoms with Crippen LogP contribution in [0.15, 0.2) is 24.3 Å². The SMILES string of the molecule is COc1cccc(OC[C@H](O)CN[C@@H](C)CCSC)c1. The first-order chi connectivity index (χ1) is 9.65. The summed E-state index contributed by atoms with van der Waals surface area (Å²) in [6, 6.07) is 7.79. The highest BCUT2D eigenvalue weighted by Gasteiger charge is 2.08. The van der Waals surface area contributed by atoms with Crippen molar-refractivity contribution in [3.05, 3.63) is 24.3 Å². The lowest BCUT2D eigenvalue weighted by Gasteiger charge is -2.17. The van der Waals surface area contributed by atoms with Crippen LogP contribution in [0.5, 0.6) is 11.5 Å². The van der Waals surface area contributed by atoms with Gasteiger partial charge >= 0.3 is 0 Å². The zero-order chi connectivity index (χ0) is 14.8. The Morgan fingerprint density at radius 3 is 2.80 bits per heavy atom. The molecule has 1 aromatic carbocycles. The lowest BCUT2D eigenvalue weighted by Crippen LogP contribution is -2.36. The van der Waals surface area contributed by atoms with Gasteiger partial charge in [0, 0.05) is 18.7 Å². The van der Waals surface area contributed by atoms with Gasteiger partial charge in [0.2, 0.25) is 0 Å². The van der Waals surface area contributed by atoms with E-state index in [1.807, 2.05) is 30.0 Å². The predicted molar refractivity (Wildman–Crippen MR) is 85.0 cm³/mol. The van der Waals surface area contributed by atoms with E-state index in [9.17, 15) is 5.11 Å². The fraction of sp³-hybridized carbons (Fsp3) is 0.600. The second kappa shape index (κ2) is 9.91. The fourth-order valence-electron chi connectivity index (χ4n) is 1.68. The number of aliphatic hydroxyl groups excluding tert-OH is 1. The molecule has 1 aromatic rings. The van der Waals surface area contributed by atoms with E-state index in [4.69, 9.17) is 9.47 Å². The average molecular weight is 299 g/mol. The highest BCUT2D eigenvalue weighted by Crippen LogP contribution is 2.18. The third-order valence-electron chi connectivity index (χ3n) is 2.94. The van der Waals surface area contributed by atoms with Crippen LogP contribution in [0, 0.1) is 0 Å². The quantitative estimate of drug-likeness (QED) is 0.693. The molecule has 0 heterocycles. The Morgan fingerprint density at radius 2 is 2.10 bits per heavy atom. The summed E-state index contributed by atoms with van der Waals surface area (Å²) in [5, 5.41) is 13.2. The van der Waals surface area contributed by atoms with Gasteiger partial charge in [-0.1, -0.05) is 6.07 Å². The van der Waals surface area contributed by atoms with Crippen LogP contribution in [-0.2, 0) is 0 Å². The zero-order valence-corrected chi connectivity index (χ0v) is 13.3. The van der Waals surface area contributed by atoms with Crippen LogP contribution in [0.2, 0.25) is 0 Å². The van der Waals surface area contributed by atoms with E-state index in [1.165, 1.54) is 0 Å². The Morgan fingerprint density at radius 1 is 1.35 bits per heavy atom. The Bertz CT molecular complexity index is 376. The molecule has 20 heavy (non-hydrogen) atoms. The maximum Gasteiger partial charge on any atom is 0.123 e. The molecule has 0 bridgehead atoms. The van der Waals surface area contributed by atoms with Gasteiger partial charge in [0.15, 0.2) is 0 Å². The van der Waals surface area contributed by atoms with Crippen molar-refractivity contribution in [3.63, 3.8) is 0 Å². The molecular weight excluding hydrogens is 274 g/mol. The van der Waals surface area contributed by atoms with E-state index in [-0.39, 0.29) is 6.61 Å². The van der Waals surface area contributed by atoms with Gasteiger partial charge in [-0.3, -0.25) is 0 Å². The summed E-state index contributed by atoms with van der Waals surface area (Å²) in [4.78, 5) is 0. The Balaban J connectivity index is 2.23. The van der Waals surface area contributed by atoms with Crippen molar-refractivity contribution in [1.82, 2.24) is 5.32 Å². The van der Waals surface area contributed by atoms with Crippen LogP contribution >= 0.6 is 11.8 Å². The first kappa shape index (κ1) is 17.1. The number of rotatable bonds is 10. The third-order valence-corrected chi connectivity index (χ3v) is 3.58. The minimum atomic E-state index is -0.516. The molecule has 0 aromatic heterocycles. The highest BCUT2D eigenvalue weighted by atomic mass is 32.2. The number of methoxy groups -OCH3 is 1. The van der Waals surface area contributed by atoms with Gasteiger partial charge in [0.05, 0.1) is 7.11 Å². The molecule has 2 N–H and O–H groups in total. The van der Waals surface area contributed by atoms with Gasteiger partial charge in [-0.2, -0.15) is 11.8 Å². The van der Waals surface area contributed by atoms with Crippen molar-refractivity contribution in [1.29, 1.82) is 0 Å². The Kier molecular flexibility index (Phi) is 8.49. The summed E-state index contributed by atoms with van der Waals surface area (Å²) in [5.74, 6) is 2.59. The summed E-state index contributed by atoms with van der Waals surface area (Å²) in [6.07, 6.45) is 2.69. The maximum absolute atomic E-state index is 9.89. The Hall–Kier alpha value is -0.910. The minimum Gasteiger partial charge on any atom is -0.497 e. The molecular formula is C15H25NO3S. The smallest absolute Gasteiger partial charge is 0.123 e. The number of nitrogens with one attached hydrogen (secondary N) is 1.